The number of ether oxygens (including phenoxy) is 2. The fourth-order valence-corrected chi connectivity index (χ4v) is 3.31. The van der Waals surface area contributed by atoms with Crippen molar-refractivity contribution in [3.8, 4) is 22.9 Å². The zero-order valence-electron chi connectivity index (χ0n) is 14.8. The van der Waals surface area contributed by atoms with Crippen LogP contribution in [-0.2, 0) is 7.05 Å². The van der Waals surface area contributed by atoms with E-state index in [1.165, 1.54) is 11.8 Å². The van der Waals surface area contributed by atoms with E-state index in [1.54, 1.807) is 32.4 Å². The topological polar surface area (TPSA) is 66.2 Å². The quantitative estimate of drug-likeness (QED) is 0.469. The Morgan fingerprint density at radius 2 is 1.77 bits per heavy atom. The number of carbonyl (C=O) groups excluding carboxylic acids is 1. The molecule has 0 radical (unpaired) electrons. The summed E-state index contributed by atoms with van der Waals surface area (Å²) in [5.41, 5.74) is 1.56. The molecule has 2 aromatic carbocycles. The summed E-state index contributed by atoms with van der Waals surface area (Å²) >= 11 is 1.36. The van der Waals surface area contributed by atoms with Crippen molar-refractivity contribution < 1.29 is 14.3 Å². The van der Waals surface area contributed by atoms with E-state index in [1.807, 2.05) is 41.9 Å². The summed E-state index contributed by atoms with van der Waals surface area (Å²) in [4.78, 5) is 12.5. The van der Waals surface area contributed by atoms with E-state index < -0.39 is 0 Å². The number of ketones is 1. The highest BCUT2D eigenvalue weighted by Crippen LogP contribution is 2.29. The molecule has 0 N–H and O–H groups in total. The molecule has 0 saturated heterocycles. The molecule has 6 nitrogen and oxygen atoms in total. The number of methoxy groups -OCH3 is 2. The minimum Gasteiger partial charge on any atom is -0.493 e. The van der Waals surface area contributed by atoms with Crippen LogP contribution in [0.25, 0.3) is 11.4 Å². The lowest BCUT2D eigenvalue weighted by molar-refractivity contribution is 0.102. The van der Waals surface area contributed by atoms with Crippen molar-refractivity contribution in [3.63, 3.8) is 0 Å². The Hall–Kier alpha value is -2.80. The lowest BCUT2D eigenvalue weighted by atomic mass is 10.1. The summed E-state index contributed by atoms with van der Waals surface area (Å²) in [5.74, 6) is 2.15. The van der Waals surface area contributed by atoms with Crippen molar-refractivity contribution in [3.05, 3.63) is 54.1 Å². The predicted molar refractivity (Wildman–Crippen MR) is 101 cm³/mol. The first-order chi connectivity index (χ1) is 12.6. The number of nitrogens with zero attached hydrogens (tertiary/aromatic N) is 3. The summed E-state index contributed by atoms with van der Waals surface area (Å²) in [6, 6.07) is 15.0. The van der Waals surface area contributed by atoms with Crippen LogP contribution in [0.4, 0.5) is 0 Å². The van der Waals surface area contributed by atoms with Gasteiger partial charge < -0.3 is 14.0 Å². The number of hydrogen-bond donors (Lipinski definition) is 0. The van der Waals surface area contributed by atoms with Gasteiger partial charge in [-0.2, -0.15) is 0 Å². The summed E-state index contributed by atoms with van der Waals surface area (Å²) in [5, 5.41) is 9.12. The Morgan fingerprint density at radius 3 is 2.46 bits per heavy atom. The highest BCUT2D eigenvalue weighted by molar-refractivity contribution is 7.99. The Morgan fingerprint density at radius 1 is 1.04 bits per heavy atom. The largest absolute Gasteiger partial charge is 0.493 e. The molecule has 0 unspecified atom stereocenters. The molecule has 0 saturated carbocycles. The maximum absolute atomic E-state index is 12.5. The average Bonchev–Trinajstić information content (AvgIpc) is 3.06. The number of rotatable bonds is 7. The molecule has 0 atom stereocenters. The van der Waals surface area contributed by atoms with Gasteiger partial charge in [-0.3, -0.25) is 4.79 Å². The van der Waals surface area contributed by atoms with Crippen LogP contribution in [0.1, 0.15) is 10.4 Å². The third-order valence-electron chi connectivity index (χ3n) is 3.90. The lowest BCUT2D eigenvalue weighted by Gasteiger charge is -2.09. The first-order valence-electron chi connectivity index (χ1n) is 7.97. The normalized spacial score (nSPS) is 10.6. The Bertz CT molecular complexity index is 910. The summed E-state index contributed by atoms with van der Waals surface area (Å²) in [7, 11) is 5.00. The van der Waals surface area contributed by atoms with Crippen LogP contribution < -0.4 is 9.47 Å². The molecule has 0 bridgehead atoms. The molecule has 0 aliphatic heterocycles. The number of carbonyl (C=O) groups is 1. The molecular formula is C19H19N3O3S. The first kappa shape index (κ1) is 18.0. The van der Waals surface area contributed by atoms with Gasteiger partial charge in [-0.15, -0.1) is 10.2 Å². The monoisotopic (exact) mass is 369 g/mol. The highest BCUT2D eigenvalue weighted by atomic mass is 32.2. The third kappa shape index (κ3) is 3.72. The van der Waals surface area contributed by atoms with Gasteiger partial charge in [0.25, 0.3) is 0 Å². The molecule has 0 aliphatic carbocycles. The van der Waals surface area contributed by atoms with Crippen molar-refractivity contribution in [1.29, 1.82) is 0 Å². The molecule has 1 heterocycles. The maximum atomic E-state index is 12.5. The first-order valence-corrected chi connectivity index (χ1v) is 8.95. The summed E-state index contributed by atoms with van der Waals surface area (Å²) in [6.07, 6.45) is 0. The van der Waals surface area contributed by atoms with Gasteiger partial charge in [0.1, 0.15) is 0 Å². The summed E-state index contributed by atoms with van der Waals surface area (Å²) in [6.45, 7) is 0. The second-order valence-electron chi connectivity index (χ2n) is 5.51. The van der Waals surface area contributed by atoms with E-state index in [4.69, 9.17) is 9.47 Å². The molecule has 134 valence electrons. The molecule has 0 spiro atoms. The number of Topliss-reactive ketones (excluding diaryl/α,β-unsaturated/α-hetero) is 1. The van der Waals surface area contributed by atoms with Gasteiger partial charge in [-0.1, -0.05) is 42.1 Å². The Labute approximate surface area is 156 Å². The van der Waals surface area contributed by atoms with E-state index in [2.05, 4.69) is 10.2 Å². The highest BCUT2D eigenvalue weighted by Gasteiger charge is 2.15. The minimum atomic E-state index is -0.0137. The number of hydrogen-bond acceptors (Lipinski definition) is 6. The van der Waals surface area contributed by atoms with E-state index >= 15 is 0 Å². The standard InChI is InChI=1S/C19H19N3O3S/c1-22-18(13-7-5-4-6-8-13)20-21-19(22)26-12-15(23)14-9-10-16(24-2)17(11-14)25-3/h4-11H,12H2,1-3H3. The second-order valence-corrected chi connectivity index (χ2v) is 6.46. The smallest absolute Gasteiger partial charge is 0.191 e. The zero-order chi connectivity index (χ0) is 18.5. The molecule has 3 rings (SSSR count). The third-order valence-corrected chi connectivity index (χ3v) is 4.93. The number of benzene rings is 2. The molecular weight excluding hydrogens is 350 g/mol. The molecule has 0 aliphatic rings. The van der Waals surface area contributed by atoms with Gasteiger partial charge in [0.2, 0.25) is 0 Å². The van der Waals surface area contributed by atoms with E-state index in [0.29, 0.717) is 22.2 Å². The minimum absolute atomic E-state index is 0.0137. The van der Waals surface area contributed by atoms with Crippen molar-refractivity contribution in [2.75, 3.05) is 20.0 Å². The molecule has 0 amide bonds. The van der Waals surface area contributed by atoms with Gasteiger partial charge in [-0.25, -0.2) is 0 Å². The van der Waals surface area contributed by atoms with E-state index in [0.717, 1.165) is 11.4 Å². The predicted octanol–water partition coefficient (Wildman–Crippen LogP) is 3.47. The fraction of sp³-hybridized carbons (Fsp3) is 0.211. The maximum Gasteiger partial charge on any atom is 0.191 e. The van der Waals surface area contributed by atoms with Crippen LogP contribution in [0.3, 0.4) is 0 Å². The molecule has 0 fully saturated rings. The van der Waals surface area contributed by atoms with Crippen molar-refractivity contribution in [2.45, 2.75) is 5.16 Å². The Balaban J connectivity index is 1.72. The summed E-state index contributed by atoms with van der Waals surface area (Å²) < 4.78 is 12.3. The zero-order valence-corrected chi connectivity index (χ0v) is 15.6. The number of thioether (sulfide) groups is 1. The van der Waals surface area contributed by atoms with Crippen molar-refractivity contribution in [1.82, 2.24) is 14.8 Å². The van der Waals surface area contributed by atoms with Gasteiger partial charge >= 0.3 is 0 Å². The van der Waals surface area contributed by atoms with Crippen LogP contribution in [0.2, 0.25) is 0 Å². The van der Waals surface area contributed by atoms with Gasteiger partial charge in [0.15, 0.2) is 28.3 Å². The van der Waals surface area contributed by atoms with E-state index in [-0.39, 0.29) is 11.5 Å². The average molecular weight is 369 g/mol. The van der Waals surface area contributed by atoms with Gasteiger partial charge in [0.05, 0.1) is 20.0 Å². The van der Waals surface area contributed by atoms with Crippen LogP contribution in [0.15, 0.2) is 53.7 Å². The number of aromatic nitrogens is 3. The van der Waals surface area contributed by atoms with E-state index in [9.17, 15) is 4.79 Å². The van der Waals surface area contributed by atoms with Crippen molar-refractivity contribution in [2.24, 2.45) is 7.05 Å². The van der Waals surface area contributed by atoms with Gasteiger partial charge in [-0.05, 0) is 18.2 Å². The van der Waals surface area contributed by atoms with Crippen LogP contribution in [-0.4, -0.2) is 40.5 Å². The van der Waals surface area contributed by atoms with Crippen LogP contribution >= 0.6 is 11.8 Å². The molecule has 7 heteroatoms. The van der Waals surface area contributed by atoms with Gasteiger partial charge in [0, 0.05) is 18.2 Å². The molecule has 26 heavy (non-hydrogen) atoms. The van der Waals surface area contributed by atoms with Crippen LogP contribution in [0.5, 0.6) is 11.5 Å². The Kier molecular flexibility index (Phi) is 5.58. The second kappa shape index (κ2) is 8.05. The van der Waals surface area contributed by atoms with Crippen LogP contribution in [0, 0.1) is 0 Å². The SMILES string of the molecule is COc1ccc(C(=O)CSc2nnc(-c3ccccc3)n2C)cc1OC. The fourth-order valence-electron chi connectivity index (χ4n) is 2.50. The lowest BCUT2D eigenvalue weighted by Crippen LogP contribution is -2.05. The molecule has 1 aromatic heterocycles. The van der Waals surface area contributed by atoms with Crippen molar-refractivity contribution >= 4 is 17.5 Å². The molecule has 3 aromatic rings.